The number of amides is 1. The summed E-state index contributed by atoms with van der Waals surface area (Å²) in [5.41, 5.74) is 2.07. The van der Waals surface area contributed by atoms with Crippen molar-refractivity contribution in [2.24, 2.45) is 0 Å². The average molecular weight is 329 g/mol. The summed E-state index contributed by atoms with van der Waals surface area (Å²) < 4.78 is 0. The lowest BCUT2D eigenvalue weighted by atomic mass is 9.95. The normalized spacial score (nSPS) is 11.6. The zero-order valence-electron chi connectivity index (χ0n) is 14.0. The first-order valence-electron chi connectivity index (χ1n) is 8.17. The molecule has 0 saturated carbocycles. The predicted octanol–water partition coefficient (Wildman–Crippen LogP) is 4.66. The van der Waals surface area contributed by atoms with Crippen molar-refractivity contribution in [3.63, 3.8) is 0 Å². The molecule has 0 saturated heterocycles. The van der Waals surface area contributed by atoms with Crippen LogP contribution in [0.2, 0.25) is 0 Å². The second kappa shape index (κ2) is 7.58. The Morgan fingerprint density at radius 3 is 1.72 bits per heavy atom. The van der Waals surface area contributed by atoms with E-state index in [1.807, 2.05) is 78.9 Å². The molecule has 0 unspecified atom stereocenters. The smallest absolute Gasteiger partial charge is 0.224 e. The van der Waals surface area contributed by atoms with E-state index in [4.69, 9.17) is 0 Å². The number of rotatable bonds is 5. The molecule has 1 atom stereocenters. The molecule has 0 aromatic heterocycles. The molecule has 3 aromatic carbocycles. The molecule has 0 aliphatic heterocycles. The number of para-hydroxylation sites is 1. The largest absolute Gasteiger partial charge is 0.298 e. The predicted molar refractivity (Wildman–Crippen MR) is 99.6 cm³/mol. The number of hydrogen-bond donors (Lipinski definition) is 0. The van der Waals surface area contributed by atoms with Crippen LogP contribution >= 0.6 is 0 Å². The highest BCUT2D eigenvalue weighted by atomic mass is 16.2. The Balaban J connectivity index is 2.13. The Kier molecular flexibility index (Phi) is 5.05. The third kappa shape index (κ3) is 3.66. The molecule has 25 heavy (non-hydrogen) atoms. The highest BCUT2D eigenvalue weighted by molar-refractivity contribution is 6.08. The van der Waals surface area contributed by atoms with E-state index in [1.165, 1.54) is 6.92 Å². The van der Waals surface area contributed by atoms with Crippen LogP contribution in [-0.2, 0) is 4.79 Å². The molecular weight excluding hydrogens is 310 g/mol. The first-order chi connectivity index (χ1) is 12.2. The van der Waals surface area contributed by atoms with Gasteiger partial charge in [-0.2, -0.15) is 0 Å². The van der Waals surface area contributed by atoms with E-state index in [9.17, 15) is 9.59 Å². The van der Waals surface area contributed by atoms with Crippen molar-refractivity contribution in [3.05, 3.63) is 102 Å². The summed E-state index contributed by atoms with van der Waals surface area (Å²) in [5.74, 6) is -0.282. The van der Waals surface area contributed by atoms with Crippen LogP contribution in [0, 0.1) is 0 Å². The van der Waals surface area contributed by atoms with Gasteiger partial charge in [0.25, 0.3) is 0 Å². The lowest BCUT2D eigenvalue weighted by molar-refractivity contribution is -0.116. The average Bonchev–Trinajstić information content (AvgIpc) is 2.67. The van der Waals surface area contributed by atoms with Gasteiger partial charge in [0.1, 0.15) is 6.04 Å². The number of Topliss-reactive ketones (excluding diaryl/α,β-unsaturated/α-hetero) is 1. The molecule has 0 radical (unpaired) electrons. The van der Waals surface area contributed by atoms with Crippen LogP contribution in [0.25, 0.3) is 0 Å². The zero-order chi connectivity index (χ0) is 17.6. The molecule has 0 aliphatic carbocycles. The van der Waals surface area contributed by atoms with Gasteiger partial charge < -0.3 is 0 Å². The van der Waals surface area contributed by atoms with E-state index in [1.54, 1.807) is 17.0 Å². The molecule has 3 rings (SSSR count). The molecule has 0 N–H and O–H groups in total. The Morgan fingerprint density at radius 2 is 1.20 bits per heavy atom. The standard InChI is InChI=1S/C22H19NO2/c1-17(24)23(20-15-9-4-10-16-20)21(18-11-5-2-6-12-18)22(25)19-13-7-3-8-14-19/h2-16,21H,1H3/t21-/m1/s1. The van der Waals surface area contributed by atoms with Gasteiger partial charge in [-0.3, -0.25) is 14.5 Å². The Hall–Kier alpha value is -3.20. The molecule has 3 aromatic rings. The highest BCUT2D eigenvalue weighted by Crippen LogP contribution is 2.30. The maximum atomic E-state index is 13.3. The van der Waals surface area contributed by atoms with Crippen LogP contribution in [0.1, 0.15) is 28.9 Å². The summed E-state index contributed by atoms with van der Waals surface area (Å²) in [7, 11) is 0. The van der Waals surface area contributed by atoms with Crippen LogP contribution in [0.15, 0.2) is 91.0 Å². The van der Waals surface area contributed by atoms with E-state index in [2.05, 4.69) is 0 Å². The molecule has 3 heteroatoms. The summed E-state index contributed by atoms with van der Waals surface area (Å²) in [6.45, 7) is 1.49. The fraction of sp³-hybridized carbons (Fsp3) is 0.0909. The fourth-order valence-corrected chi connectivity index (χ4v) is 2.91. The van der Waals surface area contributed by atoms with E-state index in [0.717, 1.165) is 5.56 Å². The molecule has 0 spiro atoms. The minimum atomic E-state index is -0.705. The molecule has 0 aliphatic rings. The molecule has 0 fully saturated rings. The number of ketones is 1. The molecule has 0 bridgehead atoms. The number of carbonyl (C=O) groups is 2. The first kappa shape index (κ1) is 16.7. The topological polar surface area (TPSA) is 37.4 Å². The number of nitrogens with zero attached hydrogens (tertiary/aromatic N) is 1. The third-order valence-corrected chi connectivity index (χ3v) is 4.05. The summed E-state index contributed by atoms with van der Waals surface area (Å²) >= 11 is 0. The van der Waals surface area contributed by atoms with Gasteiger partial charge in [0.15, 0.2) is 5.78 Å². The van der Waals surface area contributed by atoms with Crippen LogP contribution in [0.3, 0.4) is 0 Å². The van der Waals surface area contributed by atoms with Crippen LogP contribution in [0.4, 0.5) is 5.69 Å². The van der Waals surface area contributed by atoms with Gasteiger partial charge >= 0.3 is 0 Å². The lowest BCUT2D eigenvalue weighted by Crippen LogP contribution is -2.37. The third-order valence-electron chi connectivity index (χ3n) is 4.05. The van der Waals surface area contributed by atoms with Crippen molar-refractivity contribution < 1.29 is 9.59 Å². The van der Waals surface area contributed by atoms with Crippen LogP contribution in [-0.4, -0.2) is 11.7 Å². The maximum absolute atomic E-state index is 13.3. The molecule has 0 heterocycles. The van der Waals surface area contributed by atoms with Crippen molar-refractivity contribution in [2.45, 2.75) is 13.0 Å². The van der Waals surface area contributed by atoms with Gasteiger partial charge in [-0.25, -0.2) is 0 Å². The van der Waals surface area contributed by atoms with Crippen LogP contribution in [0.5, 0.6) is 0 Å². The van der Waals surface area contributed by atoms with Crippen molar-refractivity contribution in [3.8, 4) is 0 Å². The molecule has 124 valence electrons. The minimum Gasteiger partial charge on any atom is -0.298 e. The van der Waals surface area contributed by atoms with Crippen molar-refractivity contribution in [1.29, 1.82) is 0 Å². The second-order valence-corrected chi connectivity index (χ2v) is 5.77. The highest BCUT2D eigenvalue weighted by Gasteiger charge is 2.31. The maximum Gasteiger partial charge on any atom is 0.224 e. The zero-order valence-corrected chi connectivity index (χ0v) is 14.0. The van der Waals surface area contributed by atoms with Crippen molar-refractivity contribution >= 4 is 17.4 Å². The second-order valence-electron chi connectivity index (χ2n) is 5.77. The summed E-state index contributed by atoms with van der Waals surface area (Å²) in [6, 6.07) is 27.1. The van der Waals surface area contributed by atoms with E-state index in [0.29, 0.717) is 11.3 Å². The number of hydrogen-bond acceptors (Lipinski definition) is 2. The van der Waals surface area contributed by atoms with Crippen LogP contribution < -0.4 is 4.90 Å². The Bertz CT molecular complexity index is 845. The van der Waals surface area contributed by atoms with E-state index >= 15 is 0 Å². The van der Waals surface area contributed by atoms with Gasteiger partial charge in [-0.1, -0.05) is 78.9 Å². The Labute approximate surface area is 147 Å². The number of carbonyl (C=O) groups excluding carboxylic acids is 2. The summed E-state index contributed by atoms with van der Waals surface area (Å²) in [5, 5.41) is 0. The van der Waals surface area contributed by atoms with E-state index in [-0.39, 0.29) is 11.7 Å². The molecule has 1 amide bonds. The number of benzene rings is 3. The summed E-state index contributed by atoms with van der Waals surface area (Å²) in [6.07, 6.45) is 0. The van der Waals surface area contributed by atoms with E-state index < -0.39 is 6.04 Å². The lowest BCUT2D eigenvalue weighted by Gasteiger charge is -2.30. The molecule has 3 nitrogen and oxygen atoms in total. The minimum absolute atomic E-state index is 0.106. The van der Waals surface area contributed by atoms with Gasteiger partial charge in [0.2, 0.25) is 5.91 Å². The van der Waals surface area contributed by atoms with Crippen molar-refractivity contribution in [1.82, 2.24) is 0 Å². The van der Waals surface area contributed by atoms with Gasteiger partial charge in [0, 0.05) is 18.2 Å². The number of anilines is 1. The van der Waals surface area contributed by atoms with Gasteiger partial charge in [-0.15, -0.1) is 0 Å². The quantitative estimate of drug-likeness (QED) is 0.638. The van der Waals surface area contributed by atoms with Gasteiger partial charge in [-0.05, 0) is 17.7 Å². The SMILES string of the molecule is CC(=O)N(c1ccccc1)[C@@H](C(=O)c1ccccc1)c1ccccc1. The Morgan fingerprint density at radius 1 is 0.720 bits per heavy atom. The van der Waals surface area contributed by atoms with Gasteiger partial charge in [0.05, 0.1) is 0 Å². The van der Waals surface area contributed by atoms with Crippen molar-refractivity contribution in [2.75, 3.05) is 4.90 Å². The first-order valence-corrected chi connectivity index (χ1v) is 8.17. The monoisotopic (exact) mass is 329 g/mol. The summed E-state index contributed by atoms with van der Waals surface area (Å²) in [4.78, 5) is 27.3. The fourth-order valence-electron chi connectivity index (χ4n) is 2.91. The molecular formula is C22H19NO2.